The molecule has 25 heavy (non-hydrogen) atoms. The van der Waals surface area contributed by atoms with Gasteiger partial charge in [-0.05, 0) is 46.8 Å². The van der Waals surface area contributed by atoms with E-state index in [1.807, 2.05) is 58.6 Å². The minimum Gasteiger partial charge on any atom is -0.462 e. The van der Waals surface area contributed by atoms with Gasteiger partial charge in [0.1, 0.15) is 0 Å². The number of rotatable bonds is 8. The Morgan fingerprint density at radius 3 is 2.24 bits per heavy atom. The largest absolute Gasteiger partial charge is 0.462 e. The van der Waals surface area contributed by atoms with E-state index in [0.29, 0.717) is 18.4 Å². The van der Waals surface area contributed by atoms with E-state index in [1.165, 1.54) is 22.7 Å². The van der Waals surface area contributed by atoms with Crippen molar-refractivity contribution in [1.29, 1.82) is 0 Å². The van der Waals surface area contributed by atoms with Crippen LogP contribution in [0.1, 0.15) is 32.3 Å². The van der Waals surface area contributed by atoms with E-state index < -0.39 is 0 Å². The average molecular weight is 389 g/mol. The highest BCUT2D eigenvalue weighted by atomic mass is 32.1. The summed E-state index contributed by atoms with van der Waals surface area (Å²) < 4.78 is 5.40. The number of ether oxygens (including phenoxy) is 1. The lowest BCUT2D eigenvalue weighted by Gasteiger charge is -2.07. The third-order valence-electron chi connectivity index (χ3n) is 3.41. The van der Waals surface area contributed by atoms with Gasteiger partial charge in [0.05, 0.1) is 17.1 Å². The van der Waals surface area contributed by atoms with Gasteiger partial charge in [-0.3, -0.25) is 4.79 Å². The first kappa shape index (κ1) is 17.8. The van der Waals surface area contributed by atoms with Gasteiger partial charge in [-0.25, -0.2) is 4.79 Å². The van der Waals surface area contributed by atoms with Gasteiger partial charge in [-0.1, -0.05) is 18.2 Å². The maximum Gasteiger partial charge on any atom is 0.339 e. The van der Waals surface area contributed by atoms with Gasteiger partial charge in [0.15, 0.2) is 5.78 Å². The molecule has 0 aliphatic heterocycles. The molecule has 128 valence electrons. The molecule has 3 heterocycles. The number of thiophene rings is 3. The highest BCUT2D eigenvalue weighted by molar-refractivity contribution is 7.12. The predicted molar refractivity (Wildman–Crippen MR) is 105 cm³/mol. The van der Waals surface area contributed by atoms with E-state index in [2.05, 4.69) is 0 Å². The van der Waals surface area contributed by atoms with E-state index >= 15 is 0 Å². The van der Waals surface area contributed by atoms with Crippen molar-refractivity contribution in [3.05, 3.63) is 67.2 Å². The van der Waals surface area contributed by atoms with Crippen LogP contribution in [0.2, 0.25) is 0 Å². The number of ketones is 1. The molecule has 0 unspecified atom stereocenters. The summed E-state index contributed by atoms with van der Waals surface area (Å²) in [5.41, 5.74) is 0.557. The SMILES string of the molecule is O=C(OCCCC(=O)c1cccs1)/C(=C/c1cccs1)c1cccs1. The zero-order valence-electron chi connectivity index (χ0n) is 13.3. The molecule has 0 aromatic carbocycles. The van der Waals surface area contributed by atoms with Crippen molar-refractivity contribution < 1.29 is 14.3 Å². The molecule has 0 saturated carbocycles. The van der Waals surface area contributed by atoms with E-state index in [9.17, 15) is 9.59 Å². The molecular formula is C19H16O3S3. The molecule has 0 atom stereocenters. The summed E-state index contributed by atoms with van der Waals surface area (Å²) in [6, 6.07) is 11.4. The lowest BCUT2D eigenvalue weighted by molar-refractivity contribution is -0.136. The smallest absolute Gasteiger partial charge is 0.339 e. The standard InChI is InChI=1S/C19H16O3S3/c20-16(18-8-4-12-25-18)6-1-9-22-19(21)15(17-7-3-11-24-17)13-14-5-2-10-23-14/h2-5,7-8,10-13H,1,6,9H2/b15-13+. The molecule has 0 saturated heterocycles. The van der Waals surface area contributed by atoms with Crippen LogP contribution >= 0.6 is 34.0 Å². The second kappa shape index (κ2) is 8.89. The summed E-state index contributed by atoms with van der Waals surface area (Å²) >= 11 is 4.52. The van der Waals surface area contributed by atoms with Crippen LogP contribution in [0.3, 0.4) is 0 Å². The van der Waals surface area contributed by atoms with Crippen LogP contribution in [-0.2, 0) is 9.53 Å². The zero-order valence-corrected chi connectivity index (χ0v) is 15.8. The summed E-state index contributed by atoms with van der Waals surface area (Å²) in [4.78, 5) is 27.1. The molecule has 6 heteroatoms. The van der Waals surface area contributed by atoms with Gasteiger partial charge in [0.25, 0.3) is 0 Å². The summed E-state index contributed by atoms with van der Waals surface area (Å²) in [5, 5.41) is 5.79. The number of esters is 1. The molecule has 0 aliphatic rings. The molecule has 0 radical (unpaired) electrons. The van der Waals surface area contributed by atoms with Crippen LogP contribution in [-0.4, -0.2) is 18.4 Å². The molecule has 3 rings (SSSR count). The Balaban J connectivity index is 1.57. The van der Waals surface area contributed by atoms with Gasteiger partial charge in [-0.15, -0.1) is 34.0 Å². The highest BCUT2D eigenvalue weighted by Crippen LogP contribution is 2.26. The Morgan fingerprint density at radius 1 is 0.920 bits per heavy atom. The number of hydrogen-bond acceptors (Lipinski definition) is 6. The minimum atomic E-state index is -0.348. The lowest BCUT2D eigenvalue weighted by atomic mass is 10.2. The van der Waals surface area contributed by atoms with Crippen LogP contribution in [0, 0.1) is 0 Å². The number of carbonyl (C=O) groups is 2. The molecule has 0 N–H and O–H groups in total. The van der Waals surface area contributed by atoms with Crippen molar-refractivity contribution in [2.75, 3.05) is 6.61 Å². The molecule has 0 fully saturated rings. The Hall–Kier alpha value is -2.02. The molecule has 0 aliphatic carbocycles. The third-order valence-corrected chi connectivity index (χ3v) is 6.05. The lowest BCUT2D eigenvalue weighted by Crippen LogP contribution is -2.09. The minimum absolute atomic E-state index is 0.0960. The number of carbonyl (C=O) groups excluding carboxylic acids is 2. The quantitative estimate of drug-likeness (QED) is 0.218. The zero-order chi connectivity index (χ0) is 17.5. The Kier molecular flexibility index (Phi) is 6.33. The second-order valence-corrected chi connectivity index (χ2v) is 8.07. The van der Waals surface area contributed by atoms with Gasteiger partial charge in [0, 0.05) is 16.2 Å². The summed E-state index contributed by atoms with van der Waals surface area (Å²) in [7, 11) is 0. The van der Waals surface area contributed by atoms with Crippen molar-refractivity contribution in [2.24, 2.45) is 0 Å². The third kappa shape index (κ3) is 4.98. The van der Waals surface area contributed by atoms with E-state index in [4.69, 9.17) is 4.74 Å². The van der Waals surface area contributed by atoms with Gasteiger partial charge >= 0.3 is 5.97 Å². The summed E-state index contributed by atoms with van der Waals surface area (Å²) in [6.45, 7) is 0.239. The monoisotopic (exact) mass is 388 g/mol. The highest BCUT2D eigenvalue weighted by Gasteiger charge is 2.15. The maximum atomic E-state index is 12.5. The Morgan fingerprint density at radius 2 is 1.60 bits per heavy atom. The number of hydrogen-bond donors (Lipinski definition) is 0. The van der Waals surface area contributed by atoms with Crippen LogP contribution in [0.15, 0.2) is 52.5 Å². The van der Waals surface area contributed by atoms with Crippen LogP contribution < -0.4 is 0 Å². The van der Waals surface area contributed by atoms with Crippen molar-refractivity contribution in [1.82, 2.24) is 0 Å². The van der Waals surface area contributed by atoms with E-state index in [1.54, 1.807) is 11.3 Å². The molecule has 3 nitrogen and oxygen atoms in total. The van der Waals surface area contributed by atoms with Crippen LogP contribution in [0.4, 0.5) is 0 Å². The van der Waals surface area contributed by atoms with Gasteiger partial charge < -0.3 is 4.74 Å². The molecular weight excluding hydrogens is 372 g/mol. The molecule has 3 aromatic rings. The molecule has 0 amide bonds. The topological polar surface area (TPSA) is 43.4 Å². The van der Waals surface area contributed by atoms with E-state index in [-0.39, 0.29) is 18.4 Å². The van der Waals surface area contributed by atoms with E-state index in [0.717, 1.165) is 14.6 Å². The fourth-order valence-corrected chi connectivity index (χ4v) is 4.30. The van der Waals surface area contributed by atoms with Crippen molar-refractivity contribution in [3.8, 4) is 0 Å². The fraction of sp³-hybridized carbons (Fsp3) is 0.158. The Bertz CT molecular complexity index is 829. The average Bonchev–Trinajstić information content (AvgIpc) is 3.38. The summed E-state index contributed by atoms with van der Waals surface area (Å²) in [5.74, 6) is -0.252. The fourth-order valence-electron chi connectivity index (χ4n) is 2.21. The molecule has 0 bridgehead atoms. The van der Waals surface area contributed by atoms with Gasteiger partial charge in [-0.2, -0.15) is 0 Å². The van der Waals surface area contributed by atoms with Crippen molar-refractivity contribution in [2.45, 2.75) is 12.8 Å². The Labute approximate surface area is 158 Å². The normalized spacial score (nSPS) is 11.4. The predicted octanol–water partition coefficient (Wildman–Crippen LogP) is 5.62. The summed E-state index contributed by atoms with van der Waals surface area (Å²) in [6.07, 6.45) is 2.77. The first-order valence-corrected chi connectivity index (χ1v) is 10.4. The number of Topliss-reactive ketones (excluding diaryl/α,β-unsaturated/α-hetero) is 1. The first-order chi connectivity index (χ1) is 12.2. The second-order valence-electron chi connectivity index (χ2n) is 5.19. The van der Waals surface area contributed by atoms with Crippen LogP contribution in [0.25, 0.3) is 11.6 Å². The van der Waals surface area contributed by atoms with Gasteiger partial charge in [0.2, 0.25) is 0 Å². The maximum absolute atomic E-state index is 12.5. The van der Waals surface area contributed by atoms with Crippen molar-refractivity contribution >= 4 is 57.4 Å². The van der Waals surface area contributed by atoms with Crippen LogP contribution in [0.5, 0.6) is 0 Å². The van der Waals surface area contributed by atoms with Crippen molar-refractivity contribution in [3.63, 3.8) is 0 Å². The molecule has 0 spiro atoms. The first-order valence-electron chi connectivity index (χ1n) is 7.77. The molecule has 3 aromatic heterocycles.